The zero-order chi connectivity index (χ0) is 20.8. The van der Waals surface area contributed by atoms with Crippen molar-refractivity contribution in [3.63, 3.8) is 0 Å². The first-order valence-electron chi connectivity index (χ1n) is 8.89. The Morgan fingerprint density at radius 2 is 2.07 bits per heavy atom. The van der Waals surface area contributed by atoms with E-state index in [2.05, 4.69) is 15.4 Å². The molecule has 0 N–H and O–H groups in total. The molecular formula is C20H24N4O3S2. The number of carbonyl (C=O) groups is 1. The van der Waals surface area contributed by atoms with Crippen LogP contribution in [0.2, 0.25) is 0 Å². The lowest BCUT2D eigenvalue weighted by molar-refractivity contribution is 0.0963. The summed E-state index contributed by atoms with van der Waals surface area (Å²) in [7, 11) is 6.92. The highest BCUT2D eigenvalue weighted by molar-refractivity contribution is 8.02. The number of carbonyl (C=O) groups excluding carboxylic acids is 1. The molecule has 0 aliphatic heterocycles. The summed E-state index contributed by atoms with van der Waals surface area (Å²) < 4.78 is 15.9. The number of fused-ring (bicyclic) bond motifs is 1. The first kappa shape index (κ1) is 21.4. The molecule has 29 heavy (non-hydrogen) atoms. The van der Waals surface area contributed by atoms with E-state index < -0.39 is 0 Å². The van der Waals surface area contributed by atoms with E-state index in [4.69, 9.17) is 9.47 Å². The quantitative estimate of drug-likeness (QED) is 0.219. The van der Waals surface area contributed by atoms with Crippen molar-refractivity contribution in [1.29, 1.82) is 0 Å². The molecule has 7 nitrogen and oxygen atoms in total. The van der Waals surface area contributed by atoms with Crippen LogP contribution >= 0.6 is 23.3 Å². The van der Waals surface area contributed by atoms with Crippen molar-refractivity contribution in [1.82, 2.24) is 9.47 Å². The van der Waals surface area contributed by atoms with Crippen LogP contribution in [0.3, 0.4) is 0 Å². The Bertz CT molecular complexity index is 983. The third-order valence-corrected chi connectivity index (χ3v) is 6.00. The van der Waals surface area contributed by atoms with Gasteiger partial charge in [0, 0.05) is 45.6 Å². The van der Waals surface area contributed by atoms with Gasteiger partial charge >= 0.3 is 0 Å². The monoisotopic (exact) mass is 432 g/mol. The van der Waals surface area contributed by atoms with Gasteiger partial charge < -0.3 is 18.9 Å². The molecule has 9 heteroatoms. The van der Waals surface area contributed by atoms with Crippen LogP contribution < -0.4 is 4.31 Å². The molecule has 0 fully saturated rings. The van der Waals surface area contributed by atoms with Crippen LogP contribution in [0.5, 0.6) is 0 Å². The number of methoxy groups -OCH3 is 2. The van der Waals surface area contributed by atoms with Crippen LogP contribution in [-0.4, -0.2) is 56.8 Å². The number of ether oxygens (including phenoxy) is 2. The van der Waals surface area contributed by atoms with Gasteiger partial charge in [-0.3, -0.25) is 9.10 Å². The number of aliphatic imine (C=N–C) groups is 1. The number of anilines is 1. The molecule has 3 rings (SSSR count). The maximum atomic E-state index is 12.7. The number of rotatable bonds is 9. The summed E-state index contributed by atoms with van der Waals surface area (Å²) in [6, 6.07) is 11.9. The summed E-state index contributed by atoms with van der Waals surface area (Å²) in [5, 5.41) is 2.98. The fraction of sp³-hybridized carbons (Fsp3) is 0.300. The second-order valence-corrected chi connectivity index (χ2v) is 8.69. The van der Waals surface area contributed by atoms with E-state index >= 15 is 0 Å². The summed E-state index contributed by atoms with van der Waals surface area (Å²) in [5.41, 5.74) is 2.32. The number of hydrogen-bond acceptors (Lipinski definition) is 6. The fourth-order valence-electron chi connectivity index (χ4n) is 2.87. The Balaban J connectivity index is 2.11. The summed E-state index contributed by atoms with van der Waals surface area (Å²) >= 11 is 3.27. The second kappa shape index (κ2) is 9.93. The SMILES string of the molecule is COCN(Sc1cccs1)c1cccc2cc(C(=O)N=CN(C)C)n(COC)c12. The summed E-state index contributed by atoms with van der Waals surface area (Å²) in [6.45, 7) is 0.630. The Morgan fingerprint density at radius 1 is 1.24 bits per heavy atom. The van der Waals surface area contributed by atoms with Crippen LogP contribution in [0.15, 0.2) is 51.0 Å². The van der Waals surface area contributed by atoms with E-state index in [9.17, 15) is 4.79 Å². The minimum atomic E-state index is -0.317. The third-order valence-electron chi connectivity index (χ3n) is 3.99. The molecule has 2 aromatic heterocycles. The lowest BCUT2D eigenvalue weighted by Gasteiger charge is -2.23. The van der Waals surface area contributed by atoms with Crippen molar-refractivity contribution in [2.45, 2.75) is 10.9 Å². The number of thiophene rings is 1. The molecule has 1 aromatic carbocycles. The minimum Gasteiger partial charge on any atom is -0.369 e. The van der Waals surface area contributed by atoms with Crippen molar-refractivity contribution in [2.24, 2.45) is 4.99 Å². The molecule has 0 aliphatic carbocycles. The van der Waals surface area contributed by atoms with Crippen LogP contribution in [0.25, 0.3) is 10.9 Å². The maximum Gasteiger partial charge on any atom is 0.295 e. The first-order chi connectivity index (χ1) is 14.0. The van der Waals surface area contributed by atoms with Gasteiger partial charge in [0.05, 0.1) is 21.8 Å². The molecule has 2 heterocycles. The molecule has 0 atom stereocenters. The molecule has 154 valence electrons. The van der Waals surface area contributed by atoms with Crippen molar-refractivity contribution in [3.8, 4) is 0 Å². The standard InChI is InChI=1S/C20H24N4O3S2/c1-22(2)12-21-20(25)17-11-15-7-5-8-16(19(15)23(17)13-26-3)24(14-27-4)29-18-9-6-10-28-18/h5-12H,13-14H2,1-4H3. The van der Waals surface area contributed by atoms with Crippen molar-refractivity contribution in [3.05, 3.63) is 47.5 Å². The summed E-state index contributed by atoms with van der Waals surface area (Å²) in [5.74, 6) is -0.317. The molecular weight excluding hydrogens is 408 g/mol. The van der Waals surface area contributed by atoms with Gasteiger partial charge in [-0.2, -0.15) is 4.99 Å². The van der Waals surface area contributed by atoms with Gasteiger partial charge in [-0.25, -0.2) is 0 Å². The average molecular weight is 433 g/mol. The topological polar surface area (TPSA) is 59.3 Å². The van der Waals surface area contributed by atoms with E-state index in [0.717, 1.165) is 20.8 Å². The Labute approximate surface area is 178 Å². The predicted molar refractivity (Wildman–Crippen MR) is 120 cm³/mol. The number of amides is 1. The second-order valence-electron chi connectivity index (χ2n) is 6.42. The molecule has 0 radical (unpaired) electrons. The molecule has 0 saturated carbocycles. The Hall–Kier alpha value is -2.33. The molecule has 1 amide bonds. The highest BCUT2D eigenvalue weighted by Crippen LogP contribution is 2.37. The van der Waals surface area contributed by atoms with Crippen molar-refractivity contribution >= 4 is 52.1 Å². The van der Waals surface area contributed by atoms with E-state index in [-0.39, 0.29) is 12.6 Å². The zero-order valence-corrected chi connectivity index (χ0v) is 18.5. The summed E-state index contributed by atoms with van der Waals surface area (Å²) in [6.07, 6.45) is 1.50. The van der Waals surface area contributed by atoms with Gasteiger partial charge in [0.1, 0.15) is 19.2 Å². The number of benzene rings is 1. The van der Waals surface area contributed by atoms with Crippen molar-refractivity contribution in [2.75, 3.05) is 39.4 Å². The van der Waals surface area contributed by atoms with Gasteiger partial charge in [0.25, 0.3) is 5.91 Å². The normalized spacial score (nSPS) is 11.4. The molecule has 3 aromatic rings. The van der Waals surface area contributed by atoms with Crippen LogP contribution in [0.4, 0.5) is 5.69 Å². The number of para-hydroxylation sites is 1. The number of nitrogens with zero attached hydrogens (tertiary/aromatic N) is 4. The van der Waals surface area contributed by atoms with E-state index in [0.29, 0.717) is 12.4 Å². The van der Waals surface area contributed by atoms with Crippen LogP contribution in [0, 0.1) is 0 Å². The summed E-state index contributed by atoms with van der Waals surface area (Å²) in [4.78, 5) is 18.5. The fourth-order valence-corrected chi connectivity index (χ4v) is 4.68. The van der Waals surface area contributed by atoms with Crippen molar-refractivity contribution < 1.29 is 14.3 Å². The van der Waals surface area contributed by atoms with Gasteiger partial charge in [-0.15, -0.1) is 11.3 Å². The van der Waals surface area contributed by atoms with E-state index in [1.165, 1.54) is 6.34 Å². The lowest BCUT2D eigenvalue weighted by Crippen LogP contribution is -2.19. The predicted octanol–water partition coefficient (Wildman–Crippen LogP) is 4.15. The largest absolute Gasteiger partial charge is 0.369 e. The van der Waals surface area contributed by atoms with E-state index in [1.54, 1.807) is 42.4 Å². The minimum absolute atomic E-state index is 0.240. The molecule has 0 aliphatic rings. The third kappa shape index (κ3) is 4.99. The van der Waals surface area contributed by atoms with Gasteiger partial charge in [0.2, 0.25) is 0 Å². The molecule has 0 saturated heterocycles. The molecule has 0 bridgehead atoms. The zero-order valence-electron chi connectivity index (χ0n) is 16.9. The highest BCUT2D eigenvalue weighted by atomic mass is 32.2. The smallest absolute Gasteiger partial charge is 0.295 e. The van der Waals surface area contributed by atoms with E-state index in [1.807, 2.05) is 54.4 Å². The number of aromatic nitrogens is 1. The van der Waals surface area contributed by atoms with Crippen LogP contribution in [0.1, 0.15) is 10.5 Å². The molecule has 0 spiro atoms. The van der Waals surface area contributed by atoms with Gasteiger partial charge in [-0.1, -0.05) is 18.2 Å². The van der Waals surface area contributed by atoms with Gasteiger partial charge in [-0.05, 0) is 23.6 Å². The Kier molecular flexibility index (Phi) is 7.32. The van der Waals surface area contributed by atoms with Crippen LogP contribution in [-0.2, 0) is 16.2 Å². The highest BCUT2D eigenvalue weighted by Gasteiger charge is 2.21. The Morgan fingerprint density at radius 3 is 2.72 bits per heavy atom. The first-order valence-corrected chi connectivity index (χ1v) is 10.5. The number of hydrogen-bond donors (Lipinski definition) is 0. The van der Waals surface area contributed by atoms with Gasteiger partial charge in [0.15, 0.2) is 0 Å². The molecule has 0 unspecified atom stereocenters. The maximum absolute atomic E-state index is 12.7. The average Bonchev–Trinajstić information content (AvgIpc) is 3.34. The lowest BCUT2D eigenvalue weighted by atomic mass is 10.2.